The van der Waals surface area contributed by atoms with Crippen molar-refractivity contribution in [1.29, 1.82) is 0 Å². The summed E-state index contributed by atoms with van der Waals surface area (Å²) in [5.74, 6) is -0.274. The van der Waals surface area contributed by atoms with Gasteiger partial charge in [0.2, 0.25) is 5.90 Å². The van der Waals surface area contributed by atoms with Crippen LogP contribution >= 0.6 is 15.9 Å². The molecule has 14 heteroatoms. The van der Waals surface area contributed by atoms with Crippen LogP contribution < -0.4 is 15.6 Å². The average Bonchev–Trinajstić information content (AvgIpc) is 3.34. The average molecular weight is 647 g/mol. The summed E-state index contributed by atoms with van der Waals surface area (Å²) in [6.45, 7) is -1.17. The monoisotopic (exact) mass is 646 g/mol. The zero-order valence-electron chi connectivity index (χ0n) is 22.0. The van der Waals surface area contributed by atoms with Gasteiger partial charge in [-0.05, 0) is 41.4 Å². The summed E-state index contributed by atoms with van der Waals surface area (Å²) in [5, 5.41) is 12.7. The summed E-state index contributed by atoms with van der Waals surface area (Å²) >= 11 is 3.50. The second-order valence-corrected chi connectivity index (χ2v) is 10.1. The molecule has 3 N–H and O–H groups in total. The minimum atomic E-state index is -4.59. The third-order valence-corrected chi connectivity index (χ3v) is 7.03. The summed E-state index contributed by atoms with van der Waals surface area (Å²) in [7, 11) is 0. The molecule has 1 aliphatic rings. The van der Waals surface area contributed by atoms with Crippen LogP contribution in [0.25, 0.3) is 10.4 Å². The molecule has 10 nitrogen and oxygen atoms in total. The second kappa shape index (κ2) is 13.7. The van der Waals surface area contributed by atoms with Crippen molar-refractivity contribution < 1.29 is 32.5 Å². The fourth-order valence-electron chi connectivity index (χ4n) is 4.38. The highest BCUT2D eigenvalue weighted by Gasteiger charge is 2.54. The van der Waals surface area contributed by atoms with Gasteiger partial charge in [0.1, 0.15) is 12.3 Å². The molecule has 3 aromatic carbocycles. The first-order chi connectivity index (χ1) is 20.2. The number of ether oxygens (including phenoxy) is 2. The van der Waals surface area contributed by atoms with E-state index in [9.17, 15) is 18.0 Å². The number of azide groups is 1. The summed E-state index contributed by atoms with van der Waals surface area (Å²) < 4.78 is 51.3. The molecule has 0 saturated carbocycles. The molecule has 0 aliphatic carbocycles. The Morgan fingerprint density at radius 1 is 1.14 bits per heavy atom. The van der Waals surface area contributed by atoms with Crippen molar-refractivity contribution in [1.82, 2.24) is 10.9 Å². The number of aliphatic hydroxyl groups excluding tert-OH is 1. The highest BCUT2D eigenvalue weighted by molar-refractivity contribution is 9.10. The standard InChI is InChI=1S/C28H26BrF3N6O4/c29-22-8-3-2-7-21(22)24-27(26(40)37-34-17-28(30,31)32,16-19-6-1-4-9-23(19)36-38-33)35-25(42-24)18-10-12-20(13-11-18)41-15-5-14-39/h1-4,6-13,24,34,39H,5,14-17H2,(H,37,40)/t24-,27-/m0/s1. The van der Waals surface area contributed by atoms with Gasteiger partial charge in [-0.2, -0.15) is 13.2 Å². The summed E-state index contributed by atoms with van der Waals surface area (Å²) in [5.41, 5.74) is 13.0. The van der Waals surface area contributed by atoms with E-state index < -0.39 is 30.3 Å². The van der Waals surface area contributed by atoms with Crippen molar-refractivity contribution in [2.45, 2.75) is 30.7 Å². The Balaban J connectivity index is 1.82. The van der Waals surface area contributed by atoms with Gasteiger partial charge in [0.15, 0.2) is 11.6 Å². The molecule has 2 atom stereocenters. The molecule has 220 valence electrons. The molecule has 1 aliphatic heterocycles. The van der Waals surface area contributed by atoms with Gasteiger partial charge in [0, 0.05) is 45.6 Å². The zero-order valence-corrected chi connectivity index (χ0v) is 23.6. The van der Waals surface area contributed by atoms with Gasteiger partial charge in [-0.15, -0.1) is 0 Å². The summed E-state index contributed by atoms with van der Waals surface area (Å²) in [6.07, 6.45) is -5.41. The zero-order chi connectivity index (χ0) is 30.2. The van der Waals surface area contributed by atoms with Crippen LogP contribution in [-0.4, -0.2) is 48.4 Å². The number of hydrogen-bond acceptors (Lipinski definition) is 7. The highest BCUT2D eigenvalue weighted by atomic mass is 79.9. The quantitative estimate of drug-likeness (QED) is 0.0746. The molecule has 1 heterocycles. The van der Waals surface area contributed by atoms with Crippen molar-refractivity contribution in [3.63, 3.8) is 0 Å². The van der Waals surface area contributed by atoms with Crippen LogP contribution in [0, 0.1) is 0 Å². The van der Waals surface area contributed by atoms with Gasteiger partial charge in [-0.25, -0.2) is 10.4 Å². The molecule has 0 fully saturated rings. The number of carbonyl (C=O) groups excluding carboxylic acids is 1. The third-order valence-electron chi connectivity index (χ3n) is 6.31. The van der Waals surface area contributed by atoms with Gasteiger partial charge < -0.3 is 14.6 Å². The van der Waals surface area contributed by atoms with Crippen LogP contribution in [0.4, 0.5) is 18.9 Å². The molecule has 4 rings (SSSR count). The number of aliphatic imine (C=N–C) groups is 1. The number of aliphatic hydroxyl groups is 1. The van der Waals surface area contributed by atoms with E-state index in [2.05, 4.69) is 31.4 Å². The van der Waals surface area contributed by atoms with Crippen molar-refractivity contribution in [2.24, 2.45) is 10.1 Å². The Morgan fingerprint density at radius 3 is 2.55 bits per heavy atom. The van der Waals surface area contributed by atoms with Crippen molar-refractivity contribution >= 4 is 33.4 Å². The normalized spacial score (nSPS) is 18.0. The van der Waals surface area contributed by atoms with E-state index in [1.165, 1.54) is 0 Å². The van der Waals surface area contributed by atoms with E-state index in [4.69, 9.17) is 25.1 Å². The lowest BCUT2D eigenvalue weighted by atomic mass is 9.81. The first-order valence-electron chi connectivity index (χ1n) is 12.7. The van der Waals surface area contributed by atoms with Crippen molar-refractivity contribution in [3.05, 3.63) is 104 Å². The van der Waals surface area contributed by atoms with E-state index in [-0.39, 0.29) is 24.6 Å². The molecule has 42 heavy (non-hydrogen) atoms. The number of nitrogens with zero attached hydrogens (tertiary/aromatic N) is 4. The maximum absolute atomic E-state index is 13.9. The minimum Gasteiger partial charge on any atom is -0.494 e. The Hall–Kier alpha value is -4.10. The minimum absolute atomic E-state index is 0.00998. The van der Waals surface area contributed by atoms with E-state index in [0.29, 0.717) is 39.9 Å². The molecule has 0 bridgehead atoms. The maximum atomic E-state index is 13.9. The Bertz CT molecular complexity index is 1480. The van der Waals surface area contributed by atoms with E-state index in [1.54, 1.807) is 72.8 Å². The van der Waals surface area contributed by atoms with Gasteiger partial charge in [0.05, 0.1) is 6.61 Å². The summed E-state index contributed by atoms with van der Waals surface area (Å²) in [4.78, 5) is 21.5. The number of hydrazine groups is 1. The lowest BCUT2D eigenvalue weighted by Crippen LogP contribution is -2.55. The van der Waals surface area contributed by atoms with E-state index in [1.807, 2.05) is 5.43 Å². The topological polar surface area (TPSA) is 141 Å². The maximum Gasteiger partial charge on any atom is 0.402 e. The van der Waals surface area contributed by atoms with Crippen LogP contribution in [0.1, 0.15) is 29.2 Å². The van der Waals surface area contributed by atoms with Crippen LogP contribution in [-0.2, 0) is 16.0 Å². The molecule has 0 saturated heterocycles. The van der Waals surface area contributed by atoms with E-state index >= 15 is 0 Å². The number of amides is 1. The SMILES string of the molecule is [N-]=[N+]=Nc1ccccc1C[C@]1(C(=O)NNCC(F)(F)F)N=C(c2ccc(OCCCO)cc2)O[C@H]1c1ccccc1Br. The number of carbonyl (C=O) groups is 1. The van der Waals surface area contributed by atoms with Gasteiger partial charge >= 0.3 is 6.18 Å². The van der Waals surface area contributed by atoms with Crippen LogP contribution in [0.5, 0.6) is 5.75 Å². The molecule has 0 radical (unpaired) electrons. The number of hydrogen-bond donors (Lipinski definition) is 3. The fraction of sp³-hybridized carbons (Fsp3) is 0.286. The van der Waals surface area contributed by atoms with Crippen molar-refractivity contribution in [2.75, 3.05) is 19.8 Å². The van der Waals surface area contributed by atoms with E-state index in [0.717, 1.165) is 0 Å². The summed E-state index contributed by atoms with van der Waals surface area (Å²) in [6, 6.07) is 20.2. The molecule has 3 aromatic rings. The largest absolute Gasteiger partial charge is 0.494 e. The first-order valence-corrected chi connectivity index (χ1v) is 13.5. The predicted molar refractivity (Wildman–Crippen MR) is 152 cm³/mol. The van der Waals surface area contributed by atoms with Gasteiger partial charge in [-0.1, -0.05) is 63.5 Å². The van der Waals surface area contributed by atoms with Crippen molar-refractivity contribution in [3.8, 4) is 5.75 Å². The smallest absolute Gasteiger partial charge is 0.402 e. The Kier molecular flexibility index (Phi) is 10.1. The molecular formula is C28H26BrF3N6O4. The predicted octanol–water partition coefficient (Wildman–Crippen LogP) is 5.83. The Labute approximate surface area is 247 Å². The Morgan fingerprint density at radius 2 is 1.86 bits per heavy atom. The fourth-order valence-corrected chi connectivity index (χ4v) is 4.87. The molecular weight excluding hydrogens is 621 g/mol. The highest BCUT2D eigenvalue weighted by Crippen LogP contribution is 2.45. The molecule has 1 amide bonds. The second-order valence-electron chi connectivity index (χ2n) is 9.23. The number of nitrogens with one attached hydrogen (secondary N) is 2. The number of benzene rings is 3. The number of halogens is 4. The van der Waals surface area contributed by atoms with Crippen LogP contribution in [0.15, 0.2) is 87.4 Å². The van der Waals surface area contributed by atoms with Crippen LogP contribution in [0.2, 0.25) is 0 Å². The van der Waals surface area contributed by atoms with Gasteiger partial charge in [-0.3, -0.25) is 10.2 Å². The lowest BCUT2D eigenvalue weighted by Gasteiger charge is -2.31. The van der Waals surface area contributed by atoms with Gasteiger partial charge in [0.25, 0.3) is 5.91 Å². The molecule has 0 unspecified atom stereocenters. The lowest BCUT2D eigenvalue weighted by molar-refractivity contribution is -0.136. The third kappa shape index (κ3) is 7.39. The first kappa shape index (κ1) is 30.8. The molecule has 0 spiro atoms. The van der Waals surface area contributed by atoms with Crippen LogP contribution in [0.3, 0.4) is 0 Å². The molecule has 0 aromatic heterocycles. The number of alkyl halides is 3. The number of rotatable bonds is 12.